The van der Waals surface area contributed by atoms with Gasteiger partial charge < -0.3 is 9.29 Å². The summed E-state index contributed by atoms with van der Waals surface area (Å²) in [7, 11) is 0.638. The summed E-state index contributed by atoms with van der Waals surface area (Å²) in [6.07, 6.45) is 0. The Kier molecular flexibility index (Phi) is 4.93. The third-order valence-electron chi connectivity index (χ3n) is 2.78. The van der Waals surface area contributed by atoms with Crippen molar-refractivity contribution in [3.63, 3.8) is 0 Å². The van der Waals surface area contributed by atoms with Crippen LogP contribution in [0.15, 0.2) is 42.5 Å². The monoisotopic (exact) mass is 374 g/mol. The number of halogens is 2. The molecule has 6 nitrogen and oxygen atoms in total. The normalized spacial score (nSPS) is 11.0. The first kappa shape index (κ1) is 17.3. The van der Waals surface area contributed by atoms with Crippen molar-refractivity contribution in [3.05, 3.63) is 64.2 Å². The van der Waals surface area contributed by atoms with Crippen LogP contribution in [-0.2, 0) is 9.33 Å². The van der Waals surface area contributed by atoms with Crippen molar-refractivity contribution in [2.45, 2.75) is 0 Å². The van der Waals surface area contributed by atoms with Gasteiger partial charge in [0.2, 0.25) is 0 Å². The largest absolute Gasteiger partial charge is 0.478 e. The predicted molar refractivity (Wildman–Crippen MR) is 83.7 cm³/mol. The molecular formula is C14H8Cl2O6S. The average molecular weight is 375 g/mol. The highest BCUT2D eigenvalue weighted by atomic mass is 35.7. The maximum Gasteiger partial charge on any atom is 0.401 e. The lowest BCUT2D eigenvalue weighted by molar-refractivity contribution is 0.0693. The zero-order valence-corrected chi connectivity index (χ0v) is 13.5. The highest BCUT2D eigenvalue weighted by Crippen LogP contribution is 2.29. The van der Waals surface area contributed by atoms with E-state index in [0.717, 1.165) is 6.07 Å². The van der Waals surface area contributed by atoms with Crippen molar-refractivity contribution >= 4 is 43.4 Å². The Hall–Kier alpha value is -2.09. The van der Waals surface area contributed by atoms with Crippen LogP contribution in [-0.4, -0.2) is 25.3 Å². The summed E-state index contributed by atoms with van der Waals surface area (Å²) in [4.78, 5) is 23.6. The van der Waals surface area contributed by atoms with E-state index in [0.29, 0.717) is 0 Å². The van der Waals surface area contributed by atoms with Gasteiger partial charge in [-0.3, -0.25) is 4.79 Å². The van der Waals surface area contributed by atoms with E-state index in [9.17, 15) is 18.0 Å². The molecule has 1 N–H and O–H groups in total. The van der Waals surface area contributed by atoms with Crippen molar-refractivity contribution in [1.29, 1.82) is 0 Å². The summed E-state index contributed by atoms with van der Waals surface area (Å²) in [5.41, 5.74) is -0.236. The second-order valence-electron chi connectivity index (χ2n) is 4.30. The quantitative estimate of drug-likeness (QED) is 0.637. The smallest absolute Gasteiger partial charge is 0.401 e. The number of benzene rings is 2. The lowest BCUT2D eigenvalue weighted by atomic mass is 9.98. The topological polar surface area (TPSA) is 97.7 Å². The van der Waals surface area contributed by atoms with E-state index in [-0.39, 0.29) is 27.5 Å². The molecule has 0 amide bonds. The van der Waals surface area contributed by atoms with Gasteiger partial charge in [0.1, 0.15) is 0 Å². The fourth-order valence-corrected chi connectivity index (χ4v) is 2.60. The fraction of sp³-hybridized carbons (Fsp3) is 0. The molecule has 0 aromatic heterocycles. The van der Waals surface area contributed by atoms with E-state index in [1.807, 2.05) is 0 Å². The van der Waals surface area contributed by atoms with Crippen LogP contribution in [0.3, 0.4) is 0 Å². The molecule has 0 spiro atoms. The molecule has 9 heteroatoms. The van der Waals surface area contributed by atoms with Crippen LogP contribution < -0.4 is 4.18 Å². The number of hydrogen-bond acceptors (Lipinski definition) is 5. The van der Waals surface area contributed by atoms with Crippen LogP contribution in [0, 0.1) is 0 Å². The molecule has 0 saturated heterocycles. The fourth-order valence-electron chi connectivity index (χ4n) is 1.84. The van der Waals surface area contributed by atoms with Crippen LogP contribution in [0.1, 0.15) is 26.3 Å². The Bertz CT molecular complexity index is 892. The summed E-state index contributed by atoms with van der Waals surface area (Å²) in [5.74, 6) is -2.22. The average Bonchev–Trinajstić information content (AvgIpc) is 2.47. The standard InChI is InChI=1S/C14H8Cl2O6S/c15-11-6-5-8(7-12(11)22-23(16,20)21)13(17)9-3-1-2-4-10(9)14(18)19/h1-7H,(H,18,19). The Labute approximate surface area is 140 Å². The first-order chi connectivity index (χ1) is 10.7. The number of ketones is 1. The molecule has 2 aromatic carbocycles. The molecule has 0 aliphatic rings. The number of carboxylic acid groups (broad SMARTS) is 1. The summed E-state index contributed by atoms with van der Waals surface area (Å²) in [6, 6.07) is 9.26. The van der Waals surface area contributed by atoms with Gasteiger partial charge in [-0.2, -0.15) is 8.42 Å². The van der Waals surface area contributed by atoms with E-state index >= 15 is 0 Å². The van der Waals surface area contributed by atoms with Gasteiger partial charge in [-0.05, 0) is 24.3 Å². The maximum absolute atomic E-state index is 12.5. The Balaban J connectivity index is 2.49. The lowest BCUT2D eigenvalue weighted by Gasteiger charge is -2.08. The lowest BCUT2D eigenvalue weighted by Crippen LogP contribution is -2.10. The van der Waals surface area contributed by atoms with Gasteiger partial charge in [0, 0.05) is 11.1 Å². The van der Waals surface area contributed by atoms with Crippen LogP contribution in [0.2, 0.25) is 5.02 Å². The minimum atomic E-state index is -4.35. The van der Waals surface area contributed by atoms with Crippen molar-refractivity contribution in [2.75, 3.05) is 0 Å². The zero-order chi connectivity index (χ0) is 17.2. The molecule has 0 unspecified atom stereocenters. The summed E-state index contributed by atoms with van der Waals surface area (Å²) in [6.45, 7) is 0. The molecule has 0 heterocycles. The van der Waals surface area contributed by atoms with Gasteiger partial charge in [0.05, 0.1) is 21.3 Å². The first-order valence-electron chi connectivity index (χ1n) is 5.99. The molecule has 120 valence electrons. The summed E-state index contributed by atoms with van der Waals surface area (Å²) in [5, 5.41) is 9.05. The van der Waals surface area contributed by atoms with Gasteiger partial charge in [-0.25, -0.2) is 4.79 Å². The van der Waals surface area contributed by atoms with Gasteiger partial charge in [0.15, 0.2) is 11.5 Å². The molecule has 0 atom stereocenters. The van der Waals surface area contributed by atoms with E-state index in [2.05, 4.69) is 4.18 Å². The number of carbonyl (C=O) groups excluding carboxylic acids is 1. The molecule has 0 fully saturated rings. The molecule has 0 saturated carbocycles. The third kappa shape index (κ3) is 4.22. The van der Waals surface area contributed by atoms with Crippen LogP contribution in [0.5, 0.6) is 5.75 Å². The van der Waals surface area contributed by atoms with E-state index in [1.165, 1.54) is 36.4 Å². The number of aromatic carboxylic acids is 1. The molecule has 23 heavy (non-hydrogen) atoms. The zero-order valence-electron chi connectivity index (χ0n) is 11.2. The molecule has 0 radical (unpaired) electrons. The third-order valence-corrected chi connectivity index (χ3v) is 3.66. The van der Waals surface area contributed by atoms with Crippen molar-refractivity contribution in [2.24, 2.45) is 0 Å². The van der Waals surface area contributed by atoms with Gasteiger partial charge in [-0.1, -0.05) is 29.8 Å². The number of hydrogen-bond donors (Lipinski definition) is 1. The summed E-state index contributed by atoms with van der Waals surface area (Å²) < 4.78 is 26.4. The minimum absolute atomic E-state index is 0.00147. The van der Waals surface area contributed by atoms with Crippen molar-refractivity contribution in [1.82, 2.24) is 0 Å². The van der Waals surface area contributed by atoms with Crippen LogP contribution >= 0.6 is 22.3 Å². The molecule has 0 aliphatic heterocycles. The van der Waals surface area contributed by atoms with Gasteiger partial charge in [0.25, 0.3) is 0 Å². The highest BCUT2D eigenvalue weighted by Gasteiger charge is 2.20. The van der Waals surface area contributed by atoms with Crippen LogP contribution in [0.4, 0.5) is 0 Å². The molecule has 2 aromatic rings. The summed E-state index contributed by atoms with van der Waals surface area (Å²) >= 11 is 5.78. The molecule has 0 bridgehead atoms. The molecule has 2 rings (SSSR count). The first-order valence-corrected chi connectivity index (χ1v) is 8.61. The second kappa shape index (κ2) is 6.57. The minimum Gasteiger partial charge on any atom is -0.478 e. The Morgan fingerprint density at radius 1 is 1.04 bits per heavy atom. The Morgan fingerprint density at radius 2 is 1.65 bits per heavy atom. The molecule has 0 aliphatic carbocycles. The van der Waals surface area contributed by atoms with Crippen molar-refractivity contribution in [3.8, 4) is 5.75 Å². The van der Waals surface area contributed by atoms with Crippen molar-refractivity contribution < 1.29 is 27.3 Å². The number of carboxylic acids is 1. The second-order valence-corrected chi connectivity index (χ2v) is 6.80. The van der Waals surface area contributed by atoms with E-state index in [1.54, 1.807) is 0 Å². The van der Waals surface area contributed by atoms with Crippen LogP contribution in [0.25, 0.3) is 0 Å². The predicted octanol–water partition coefficient (Wildman–Crippen LogP) is 3.13. The SMILES string of the molecule is O=C(O)c1ccccc1C(=O)c1ccc(Cl)c(OS(=O)(=O)Cl)c1. The highest BCUT2D eigenvalue weighted by molar-refractivity contribution is 8.10. The van der Waals surface area contributed by atoms with E-state index < -0.39 is 21.1 Å². The van der Waals surface area contributed by atoms with Gasteiger partial charge in [-0.15, -0.1) is 0 Å². The van der Waals surface area contributed by atoms with Gasteiger partial charge >= 0.3 is 15.3 Å². The molecular weight excluding hydrogens is 367 g/mol. The number of rotatable bonds is 5. The Morgan fingerprint density at radius 3 is 2.22 bits per heavy atom. The van der Waals surface area contributed by atoms with E-state index in [4.69, 9.17) is 27.4 Å². The maximum atomic E-state index is 12.5. The number of carbonyl (C=O) groups is 2.